The van der Waals surface area contributed by atoms with Gasteiger partial charge in [-0.1, -0.05) is 54.4 Å². The first-order valence-electron chi connectivity index (χ1n) is 6.96. The van der Waals surface area contributed by atoms with Crippen molar-refractivity contribution in [3.05, 3.63) is 70.8 Å². The van der Waals surface area contributed by atoms with E-state index in [1.165, 1.54) is 24.8 Å². The molecule has 3 rings (SSSR count). The topological polar surface area (TPSA) is 17.1 Å². The highest BCUT2D eigenvalue weighted by Gasteiger charge is 2.24. The second-order valence-electron chi connectivity index (χ2n) is 5.41. The van der Waals surface area contributed by atoms with Gasteiger partial charge in [-0.05, 0) is 37.3 Å². The Morgan fingerprint density at radius 2 is 1.84 bits per heavy atom. The maximum atomic E-state index is 12.7. The molecule has 0 amide bonds. The van der Waals surface area contributed by atoms with E-state index in [-0.39, 0.29) is 5.78 Å². The molecule has 0 N–H and O–H groups in total. The normalized spacial score (nSPS) is 15.0. The molecular weight excluding hydrogens is 232 g/mol. The molecule has 0 aromatic heterocycles. The molecule has 2 aromatic rings. The van der Waals surface area contributed by atoms with Crippen molar-refractivity contribution in [3.63, 3.8) is 0 Å². The molecule has 0 unspecified atom stereocenters. The first kappa shape index (κ1) is 12.2. The zero-order valence-electron chi connectivity index (χ0n) is 11.2. The summed E-state index contributed by atoms with van der Waals surface area (Å²) >= 11 is 0. The van der Waals surface area contributed by atoms with Gasteiger partial charge in [0, 0.05) is 11.1 Å². The second kappa shape index (κ2) is 5.00. The zero-order chi connectivity index (χ0) is 13.2. The van der Waals surface area contributed by atoms with Crippen LogP contribution in [-0.2, 0) is 0 Å². The van der Waals surface area contributed by atoms with Crippen molar-refractivity contribution in [3.8, 4) is 0 Å². The number of hydrogen-bond acceptors (Lipinski definition) is 1. The summed E-state index contributed by atoms with van der Waals surface area (Å²) in [5.41, 5.74) is 4.05. The Kier molecular flexibility index (Phi) is 3.20. The molecule has 1 aliphatic rings. The van der Waals surface area contributed by atoms with Gasteiger partial charge in [-0.25, -0.2) is 0 Å². The third-order valence-corrected chi connectivity index (χ3v) is 4.03. The monoisotopic (exact) mass is 250 g/mol. The van der Waals surface area contributed by atoms with Gasteiger partial charge < -0.3 is 0 Å². The largest absolute Gasteiger partial charge is 0.289 e. The van der Waals surface area contributed by atoms with Gasteiger partial charge in [-0.2, -0.15) is 0 Å². The molecule has 2 aromatic carbocycles. The number of ketones is 1. The Hall–Kier alpha value is -1.89. The van der Waals surface area contributed by atoms with Gasteiger partial charge in [0.2, 0.25) is 0 Å². The third kappa shape index (κ3) is 2.33. The smallest absolute Gasteiger partial charge is 0.193 e. The highest BCUT2D eigenvalue weighted by Crippen LogP contribution is 2.38. The molecule has 1 heteroatoms. The number of carbonyl (C=O) groups is 1. The van der Waals surface area contributed by atoms with E-state index in [0.717, 1.165) is 16.7 Å². The average Bonchev–Trinajstić information content (AvgIpc) is 2.37. The van der Waals surface area contributed by atoms with E-state index in [2.05, 4.69) is 6.07 Å². The SMILES string of the molecule is Cc1cccc(C(=O)c2ccccc2C2CCC2)c1. The Labute approximate surface area is 114 Å². The number of rotatable bonds is 3. The van der Waals surface area contributed by atoms with Crippen LogP contribution >= 0.6 is 0 Å². The number of benzene rings is 2. The van der Waals surface area contributed by atoms with E-state index in [0.29, 0.717) is 5.92 Å². The molecule has 96 valence electrons. The summed E-state index contributed by atoms with van der Waals surface area (Å²) in [6.07, 6.45) is 3.73. The number of carbonyl (C=O) groups excluding carboxylic acids is 1. The van der Waals surface area contributed by atoms with Gasteiger partial charge in [-0.15, -0.1) is 0 Å². The van der Waals surface area contributed by atoms with E-state index >= 15 is 0 Å². The average molecular weight is 250 g/mol. The van der Waals surface area contributed by atoms with Crippen LogP contribution in [0.1, 0.15) is 52.2 Å². The van der Waals surface area contributed by atoms with Gasteiger partial charge in [0.15, 0.2) is 5.78 Å². The first-order valence-corrected chi connectivity index (χ1v) is 6.96. The Morgan fingerprint density at radius 3 is 2.53 bits per heavy atom. The van der Waals surface area contributed by atoms with Gasteiger partial charge in [-0.3, -0.25) is 4.79 Å². The maximum absolute atomic E-state index is 12.7. The van der Waals surface area contributed by atoms with Crippen LogP contribution in [0.5, 0.6) is 0 Å². The molecule has 0 bridgehead atoms. The fraction of sp³-hybridized carbons (Fsp3) is 0.278. The van der Waals surface area contributed by atoms with Crippen molar-refractivity contribution in [2.45, 2.75) is 32.1 Å². The molecule has 0 atom stereocenters. The van der Waals surface area contributed by atoms with E-state index in [1.807, 2.05) is 49.4 Å². The summed E-state index contributed by atoms with van der Waals surface area (Å²) in [5, 5.41) is 0. The number of aryl methyl sites for hydroxylation is 1. The molecule has 1 fully saturated rings. The quantitative estimate of drug-likeness (QED) is 0.733. The predicted molar refractivity (Wildman–Crippen MR) is 77.6 cm³/mol. The summed E-state index contributed by atoms with van der Waals surface area (Å²) in [6.45, 7) is 2.02. The highest BCUT2D eigenvalue weighted by atomic mass is 16.1. The van der Waals surface area contributed by atoms with Crippen LogP contribution in [0.4, 0.5) is 0 Å². The molecule has 19 heavy (non-hydrogen) atoms. The molecular formula is C18H18O. The van der Waals surface area contributed by atoms with Crippen molar-refractivity contribution in [1.29, 1.82) is 0 Å². The van der Waals surface area contributed by atoms with Gasteiger partial charge in [0.1, 0.15) is 0 Å². The minimum atomic E-state index is 0.159. The number of hydrogen-bond donors (Lipinski definition) is 0. The molecule has 1 saturated carbocycles. The van der Waals surface area contributed by atoms with Crippen molar-refractivity contribution in [2.75, 3.05) is 0 Å². The van der Waals surface area contributed by atoms with Crippen LogP contribution in [0.25, 0.3) is 0 Å². The van der Waals surface area contributed by atoms with Gasteiger partial charge in [0.05, 0.1) is 0 Å². The third-order valence-electron chi connectivity index (χ3n) is 4.03. The Morgan fingerprint density at radius 1 is 1.05 bits per heavy atom. The minimum absolute atomic E-state index is 0.159. The lowest BCUT2D eigenvalue weighted by atomic mass is 9.77. The van der Waals surface area contributed by atoms with Crippen LogP contribution in [0.3, 0.4) is 0 Å². The lowest BCUT2D eigenvalue weighted by molar-refractivity contribution is 0.103. The van der Waals surface area contributed by atoms with Crippen molar-refractivity contribution >= 4 is 5.78 Å². The van der Waals surface area contributed by atoms with E-state index in [9.17, 15) is 4.79 Å². The van der Waals surface area contributed by atoms with E-state index in [4.69, 9.17) is 0 Å². The maximum Gasteiger partial charge on any atom is 0.193 e. The fourth-order valence-corrected chi connectivity index (χ4v) is 2.72. The second-order valence-corrected chi connectivity index (χ2v) is 5.41. The van der Waals surface area contributed by atoms with Crippen LogP contribution in [0.15, 0.2) is 48.5 Å². The van der Waals surface area contributed by atoms with Crippen molar-refractivity contribution in [2.24, 2.45) is 0 Å². The van der Waals surface area contributed by atoms with E-state index < -0.39 is 0 Å². The Bertz CT molecular complexity index is 609. The predicted octanol–water partition coefficient (Wildman–Crippen LogP) is 4.49. The summed E-state index contributed by atoms with van der Waals surface area (Å²) in [4.78, 5) is 12.7. The molecule has 1 aliphatic carbocycles. The summed E-state index contributed by atoms with van der Waals surface area (Å²) in [5.74, 6) is 0.746. The van der Waals surface area contributed by atoms with Crippen molar-refractivity contribution in [1.82, 2.24) is 0 Å². The lowest BCUT2D eigenvalue weighted by Gasteiger charge is -2.27. The van der Waals surface area contributed by atoms with Crippen LogP contribution in [0, 0.1) is 6.92 Å². The highest BCUT2D eigenvalue weighted by molar-refractivity contribution is 6.10. The van der Waals surface area contributed by atoms with Crippen LogP contribution in [0.2, 0.25) is 0 Å². The molecule has 0 aliphatic heterocycles. The summed E-state index contributed by atoms with van der Waals surface area (Å²) in [6, 6.07) is 16.0. The zero-order valence-corrected chi connectivity index (χ0v) is 11.2. The minimum Gasteiger partial charge on any atom is -0.289 e. The molecule has 0 radical (unpaired) electrons. The Balaban J connectivity index is 1.99. The molecule has 0 heterocycles. The molecule has 1 nitrogen and oxygen atoms in total. The fourth-order valence-electron chi connectivity index (χ4n) is 2.72. The summed E-state index contributed by atoms with van der Waals surface area (Å²) in [7, 11) is 0. The van der Waals surface area contributed by atoms with Crippen LogP contribution < -0.4 is 0 Å². The molecule has 0 spiro atoms. The van der Waals surface area contributed by atoms with Gasteiger partial charge in [0.25, 0.3) is 0 Å². The van der Waals surface area contributed by atoms with Crippen molar-refractivity contribution < 1.29 is 4.79 Å². The van der Waals surface area contributed by atoms with Gasteiger partial charge >= 0.3 is 0 Å². The van der Waals surface area contributed by atoms with Crippen LogP contribution in [-0.4, -0.2) is 5.78 Å². The van der Waals surface area contributed by atoms with E-state index in [1.54, 1.807) is 0 Å². The summed E-state index contributed by atoms with van der Waals surface area (Å²) < 4.78 is 0. The molecule has 0 saturated heterocycles. The first-order chi connectivity index (χ1) is 9.25. The standard InChI is InChI=1S/C18H18O/c1-13-6-4-9-15(12-13)18(19)17-11-3-2-10-16(17)14-7-5-8-14/h2-4,6,9-12,14H,5,7-8H2,1H3. The lowest BCUT2D eigenvalue weighted by Crippen LogP contribution is -2.14.